The molecule has 0 N–H and O–H groups in total. The molecule has 1 atom stereocenters. The van der Waals surface area contributed by atoms with Gasteiger partial charge in [-0.2, -0.15) is 13.2 Å². The summed E-state index contributed by atoms with van der Waals surface area (Å²) < 4.78 is 38.0. The highest BCUT2D eigenvalue weighted by atomic mass is 19.4. The van der Waals surface area contributed by atoms with Crippen LogP contribution in [0.25, 0.3) is 0 Å². The van der Waals surface area contributed by atoms with Gasteiger partial charge in [0.05, 0.1) is 0 Å². The van der Waals surface area contributed by atoms with Crippen LogP contribution >= 0.6 is 0 Å². The molecule has 0 radical (unpaired) electrons. The summed E-state index contributed by atoms with van der Waals surface area (Å²) in [6.45, 7) is 1.48. The number of halogens is 3. The van der Waals surface area contributed by atoms with Gasteiger partial charge in [-0.05, 0) is 6.92 Å². The van der Waals surface area contributed by atoms with E-state index in [9.17, 15) is 18.0 Å². The molecule has 0 fully saturated rings. The molecule has 19 heavy (non-hydrogen) atoms. The molecule has 0 saturated carbocycles. The van der Waals surface area contributed by atoms with Crippen molar-refractivity contribution in [2.75, 3.05) is 0 Å². The molecule has 1 heterocycles. The van der Waals surface area contributed by atoms with Gasteiger partial charge < -0.3 is 0 Å². The van der Waals surface area contributed by atoms with E-state index in [1.54, 1.807) is 30.3 Å². The fourth-order valence-electron chi connectivity index (χ4n) is 1.56. The average Bonchev–Trinajstić information content (AvgIpc) is 2.87. The number of hydrogen-bond donors (Lipinski definition) is 0. The molecule has 1 aromatic heterocycles. The SMILES string of the molecule is CC(C(=O)c1ccccc1)n1cnc(C(F)(F)F)n1. The van der Waals surface area contributed by atoms with Crippen molar-refractivity contribution in [3.05, 3.63) is 48.0 Å². The number of hydrogen-bond acceptors (Lipinski definition) is 3. The average molecular weight is 269 g/mol. The van der Waals surface area contributed by atoms with Crippen molar-refractivity contribution < 1.29 is 18.0 Å². The minimum absolute atomic E-state index is 0.320. The first-order valence-electron chi connectivity index (χ1n) is 5.47. The van der Waals surface area contributed by atoms with Gasteiger partial charge in [0.2, 0.25) is 0 Å². The van der Waals surface area contributed by atoms with Gasteiger partial charge in [-0.25, -0.2) is 9.67 Å². The highest BCUT2D eigenvalue weighted by molar-refractivity contribution is 5.98. The summed E-state index contributed by atoms with van der Waals surface area (Å²) in [5.41, 5.74) is 0.416. The van der Waals surface area contributed by atoms with Crippen molar-refractivity contribution in [2.24, 2.45) is 0 Å². The first-order valence-corrected chi connectivity index (χ1v) is 5.47. The van der Waals surface area contributed by atoms with Crippen LogP contribution in [0.5, 0.6) is 0 Å². The van der Waals surface area contributed by atoms with Crippen molar-refractivity contribution in [3.8, 4) is 0 Å². The van der Waals surface area contributed by atoms with Crippen LogP contribution in [-0.2, 0) is 6.18 Å². The van der Waals surface area contributed by atoms with Crippen molar-refractivity contribution in [2.45, 2.75) is 19.1 Å². The van der Waals surface area contributed by atoms with Gasteiger partial charge in [0, 0.05) is 5.56 Å². The molecule has 0 spiro atoms. The second kappa shape index (κ2) is 4.83. The second-order valence-electron chi connectivity index (χ2n) is 3.95. The number of alkyl halides is 3. The van der Waals surface area contributed by atoms with Gasteiger partial charge in [0.25, 0.3) is 5.82 Å². The third kappa shape index (κ3) is 2.81. The summed E-state index contributed by atoms with van der Waals surface area (Å²) in [5, 5.41) is 3.29. The van der Waals surface area contributed by atoms with Crippen LogP contribution in [0.15, 0.2) is 36.7 Å². The van der Waals surface area contributed by atoms with Crippen molar-refractivity contribution >= 4 is 5.78 Å². The van der Waals surface area contributed by atoms with E-state index in [2.05, 4.69) is 10.1 Å². The number of rotatable bonds is 3. The summed E-state index contributed by atoms with van der Waals surface area (Å²) >= 11 is 0. The maximum absolute atomic E-state index is 12.4. The fraction of sp³-hybridized carbons (Fsp3) is 0.250. The molecule has 0 bridgehead atoms. The van der Waals surface area contributed by atoms with E-state index in [4.69, 9.17) is 0 Å². The third-order valence-electron chi connectivity index (χ3n) is 2.60. The Morgan fingerprint density at radius 3 is 2.42 bits per heavy atom. The lowest BCUT2D eigenvalue weighted by molar-refractivity contribution is -0.145. The molecular weight excluding hydrogens is 259 g/mol. The molecule has 1 aromatic carbocycles. The number of ketones is 1. The van der Waals surface area contributed by atoms with Crippen LogP contribution < -0.4 is 0 Å². The topological polar surface area (TPSA) is 47.8 Å². The highest BCUT2D eigenvalue weighted by Crippen LogP contribution is 2.26. The lowest BCUT2D eigenvalue weighted by Gasteiger charge is -2.10. The van der Waals surface area contributed by atoms with E-state index in [1.807, 2.05) is 0 Å². The van der Waals surface area contributed by atoms with Crippen LogP contribution in [0.3, 0.4) is 0 Å². The molecule has 0 aliphatic rings. The Balaban J connectivity index is 2.23. The largest absolute Gasteiger partial charge is 0.453 e. The van der Waals surface area contributed by atoms with Gasteiger partial charge in [-0.3, -0.25) is 4.79 Å². The lowest BCUT2D eigenvalue weighted by atomic mass is 10.1. The molecule has 0 amide bonds. The number of benzene rings is 1. The van der Waals surface area contributed by atoms with E-state index in [-0.39, 0.29) is 5.78 Å². The Morgan fingerprint density at radius 1 is 1.26 bits per heavy atom. The van der Waals surface area contributed by atoms with Gasteiger partial charge in [-0.1, -0.05) is 30.3 Å². The number of carbonyl (C=O) groups is 1. The van der Waals surface area contributed by atoms with Crippen LogP contribution in [0.1, 0.15) is 29.1 Å². The summed E-state index contributed by atoms with van der Waals surface area (Å²) in [6.07, 6.45) is -3.70. The van der Waals surface area contributed by atoms with E-state index in [1.165, 1.54) is 6.92 Å². The standard InChI is InChI=1S/C12H10F3N3O/c1-8(10(19)9-5-3-2-4-6-9)18-7-16-11(17-18)12(13,14)15/h2-8H,1H3. The van der Waals surface area contributed by atoms with Crippen LogP contribution in [0.4, 0.5) is 13.2 Å². The van der Waals surface area contributed by atoms with E-state index in [0.29, 0.717) is 5.56 Å². The Morgan fingerprint density at radius 2 is 1.89 bits per heavy atom. The summed E-state index contributed by atoms with van der Waals surface area (Å²) in [4.78, 5) is 15.2. The molecule has 2 aromatic rings. The molecule has 0 aliphatic heterocycles. The number of carbonyl (C=O) groups excluding carboxylic acids is 1. The Bertz CT molecular complexity index is 577. The highest BCUT2D eigenvalue weighted by Gasteiger charge is 2.36. The van der Waals surface area contributed by atoms with Gasteiger partial charge in [-0.15, -0.1) is 5.10 Å². The smallest absolute Gasteiger partial charge is 0.292 e. The third-order valence-corrected chi connectivity index (χ3v) is 2.60. The molecule has 0 saturated heterocycles. The number of aromatic nitrogens is 3. The maximum atomic E-state index is 12.4. The van der Waals surface area contributed by atoms with Crippen LogP contribution in [0.2, 0.25) is 0 Å². The van der Waals surface area contributed by atoms with Crippen molar-refractivity contribution in [1.82, 2.24) is 14.8 Å². The zero-order chi connectivity index (χ0) is 14.0. The quantitative estimate of drug-likeness (QED) is 0.805. The molecule has 2 rings (SSSR count). The van der Waals surface area contributed by atoms with E-state index >= 15 is 0 Å². The molecule has 4 nitrogen and oxygen atoms in total. The monoisotopic (exact) mass is 269 g/mol. The van der Waals surface area contributed by atoms with Crippen LogP contribution in [0, 0.1) is 0 Å². The number of nitrogens with zero attached hydrogens (tertiary/aromatic N) is 3. The minimum atomic E-state index is -4.61. The molecule has 1 unspecified atom stereocenters. The maximum Gasteiger partial charge on any atom is 0.453 e. The molecule has 7 heteroatoms. The Hall–Kier alpha value is -2.18. The predicted molar refractivity (Wildman–Crippen MR) is 60.5 cm³/mol. The summed E-state index contributed by atoms with van der Waals surface area (Å²) in [5.74, 6) is -1.57. The normalized spacial score (nSPS) is 13.3. The zero-order valence-corrected chi connectivity index (χ0v) is 9.93. The van der Waals surface area contributed by atoms with Gasteiger partial charge in [0.1, 0.15) is 12.4 Å². The predicted octanol–water partition coefficient (Wildman–Crippen LogP) is 2.74. The van der Waals surface area contributed by atoms with Gasteiger partial charge >= 0.3 is 6.18 Å². The summed E-state index contributed by atoms with van der Waals surface area (Å²) in [6, 6.07) is 7.47. The van der Waals surface area contributed by atoms with Crippen LogP contribution in [-0.4, -0.2) is 20.5 Å². The summed E-state index contributed by atoms with van der Waals surface area (Å²) in [7, 11) is 0. The fourth-order valence-corrected chi connectivity index (χ4v) is 1.56. The Kier molecular flexibility index (Phi) is 3.37. The minimum Gasteiger partial charge on any atom is -0.292 e. The van der Waals surface area contributed by atoms with E-state index < -0.39 is 18.0 Å². The molecule has 0 aliphatic carbocycles. The lowest BCUT2D eigenvalue weighted by Crippen LogP contribution is -2.18. The van der Waals surface area contributed by atoms with Gasteiger partial charge in [0.15, 0.2) is 5.78 Å². The van der Waals surface area contributed by atoms with E-state index in [0.717, 1.165) is 11.0 Å². The first-order chi connectivity index (χ1) is 8.89. The molecular formula is C12H10F3N3O. The first kappa shape index (κ1) is 13.3. The molecule has 100 valence electrons. The number of Topliss-reactive ketones (excluding diaryl/α,β-unsaturated/α-hetero) is 1. The zero-order valence-electron chi connectivity index (χ0n) is 9.93. The van der Waals surface area contributed by atoms with Crippen molar-refractivity contribution in [3.63, 3.8) is 0 Å². The Labute approximate surface area is 106 Å². The van der Waals surface area contributed by atoms with Crippen molar-refractivity contribution in [1.29, 1.82) is 0 Å². The second-order valence-corrected chi connectivity index (χ2v) is 3.95.